The van der Waals surface area contributed by atoms with Crippen LogP contribution in [-0.2, 0) is 0 Å². The van der Waals surface area contributed by atoms with Gasteiger partial charge in [-0.25, -0.2) is 4.39 Å². The number of hydrogen-bond donors (Lipinski definition) is 1. The molecule has 1 amide bonds. The molecule has 1 saturated heterocycles. The van der Waals surface area contributed by atoms with Crippen molar-refractivity contribution >= 4 is 11.6 Å². The third-order valence-corrected chi connectivity index (χ3v) is 7.26. The number of nitrogens with zero attached hydrogens (tertiary/aromatic N) is 2. The van der Waals surface area contributed by atoms with E-state index in [1.165, 1.54) is 12.1 Å². The smallest absolute Gasteiger partial charge is 0.254 e. The van der Waals surface area contributed by atoms with Crippen molar-refractivity contribution in [3.05, 3.63) is 65.5 Å². The van der Waals surface area contributed by atoms with Crippen LogP contribution in [0.25, 0.3) is 0 Å². The van der Waals surface area contributed by atoms with Crippen molar-refractivity contribution in [2.24, 2.45) is 5.92 Å². The van der Waals surface area contributed by atoms with Crippen molar-refractivity contribution in [1.82, 2.24) is 4.90 Å². The van der Waals surface area contributed by atoms with Gasteiger partial charge in [-0.2, -0.15) is 0 Å². The quantitative estimate of drug-likeness (QED) is 0.719. The average Bonchev–Trinajstić information content (AvgIpc) is 2.79. The van der Waals surface area contributed by atoms with Gasteiger partial charge >= 0.3 is 0 Å². The van der Waals surface area contributed by atoms with Crippen LogP contribution in [0.5, 0.6) is 0 Å². The van der Waals surface area contributed by atoms with Crippen molar-refractivity contribution in [3.63, 3.8) is 0 Å². The van der Waals surface area contributed by atoms with Gasteiger partial charge in [0.1, 0.15) is 5.82 Å². The van der Waals surface area contributed by atoms with Crippen molar-refractivity contribution in [2.45, 2.75) is 57.6 Å². The van der Waals surface area contributed by atoms with E-state index in [0.29, 0.717) is 18.5 Å². The van der Waals surface area contributed by atoms with Gasteiger partial charge in [0.15, 0.2) is 0 Å². The molecule has 0 bridgehead atoms. The molecule has 31 heavy (non-hydrogen) atoms. The Balaban J connectivity index is 1.71. The van der Waals surface area contributed by atoms with Crippen molar-refractivity contribution in [3.8, 4) is 0 Å². The minimum atomic E-state index is -0.737. The van der Waals surface area contributed by atoms with Crippen LogP contribution in [0.1, 0.15) is 67.9 Å². The number of halogens is 1. The number of hydrogen-bond acceptors (Lipinski definition) is 3. The summed E-state index contributed by atoms with van der Waals surface area (Å²) < 4.78 is 13.8. The highest BCUT2D eigenvalue weighted by Crippen LogP contribution is 2.49. The Kier molecular flexibility index (Phi) is 6.33. The van der Waals surface area contributed by atoms with E-state index in [-0.39, 0.29) is 17.9 Å². The van der Waals surface area contributed by atoms with Crippen molar-refractivity contribution < 1.29 is 14.3 Å². The van der Waals surface area contributed by atoms with Crippen molar-refractivity contribution in [1.29, 1.82) is 0 Å². The number of anilines is 1. The molecule has 5 heteroatoms. The molecule has 4 nitrogen and oxygen atoms in total. The molecule has 1 N–H and O–H groups in total. The van der Waals surface area contributed by atoms with E-state index in [1.807, 2.05) is 4.90 Å². The van der Waals surface area contributed by atoms with Gasteiger partial charge in [0.2, 0.25) is 0 Å². The summed E-state index contributed by atoms with van der Waals surface area (Å²) in [7, 11) is 0. The van der Waals surface area contributed by atoms with Gasteiger partial charge < -0.3 is 14.9 Å². The van der Waals surface area contributed by atoms with Crippen LogP contribution >= 0.6 is 0 Å². The fraction of sp³-hybridized carbons (Fsp3) is 0.500. The Morgan fingerprint density at radius 3 is 2.55 bits per heavy atom. The first-order valence-corrected chi connectivity index (χ1v) is 11.6. The second kappa shape index (κ2) is 8.99. The summed E-state index contributed by atoms with van der Waals surface area (Å²) in [5.41, 5.74) is 1.84. The fourth-order valence-corrected chi connectivity index (χ4v) is 5.58. The number of carbonyl (C=O) groups is 1. The molecule has 2 aromatic rings. The molecule has 2 aliphatic rings. The number of piperidine rings is 1. The summed E-state index contributed by atoms with van der Waals surface area (Å²) in [6.45, 7) is 6.63. The summed E-state index contributed by atoms with van der Waals surface area (Å²) >= 11 is 0. The molecule has 1 aliphatic carbocycles. The fourth-order valence-electron chi connectivity index (χ4n) is 5.58. The molecule has 4 rings (SSSR count). The predicted octanol–water partition coefficient (Wildman–Crippen LogP) is 5.18. The van der Waals surface area contributed by atoms with Gasteiger partial charge in [-0.15, -0.1) is 0 Å². The SMILES string of the molecule is CCN(CC)c1ccc([C@@H]2[C@H]3CCCC[C@@]3(O)CCN2C(=O)c2cccc(F)c2)cc1. The lowest BCUT2D eigenvalue weighted by atomic mass is 9.66. The van der Waals surface area contributed by atoms with Gasteiger partial charge in [-0.1, -0.05) is 31.0 Å². The number of benzene rings is 2. The van der Waals surface area contributed by atoms with E-state index < -0.39 is 11.4 Å². The number of carbonyl (C=O) groups excluding carboxylic acids is 1. The molecule has 0 unspecified atom stereocenters. The molecule has 1 heterocycles. The highest BCUT2D eigenvalue weighted by molar-refractivity contribution is 5.94. The molecule has 2 fully saturated rings. The van der Waals surface area contributed by atoms with Crippen LogP contribution in [0.2, 0.25) is 0 Å². The molecular weight excluding hydrogens is 391 g/mol. The lowest BCUT2D eigenvalue weighted by Gasteiger charge is -2.52. The van der Waals surface area contributed by atoms with Crippen LogP contribution in [0, 0.1) is 11.7 Å². The van der Waals surface area contributed by atoms with Crippen LogP contribution in [-0.4, -0.2) is 41.1 Å². The first-order chi connectivity index (χ1) is 15.0. The Morgan fingerprint density at radius 2 is 1.87 bits per heavy atom. The van der Waals surface area contributed by atoms with Gasteiger partial charge in [0.05, 0.1) is 11.6 Å². The maximum absolute atomic E-state index is 13.8. The lowest BCUT2D eigenvalue weighted by Crippen LogP contribution is -2.56. The maximum Gasteiger partial charge on any atom is 0.254 e. The Hall–Kier alpha value is -2.40. The zero-order valence-corrected chi connectivity index (χ0v) is 18.6. The molecule has 0 radical (unpaired) electrons. The molecular formula is C26H33FN2O2. The summed E-state index contributed by atoms with van der Waals surface area (Å²) in [6.07, 6.45) is 4.34. The second-order valence-electron chi connectivity index (χ2n) is 8.92. The third-order valence-electron chi connectivity index (χ3n) is 7.26. The normalized spacial score (nSPS) is 25.7. The Bertz CT molecular complexity index is 912. The predicted molar refractivity (Wildman–Crippen MR) is 122 cm³/mol. The van der Waals surface area contributed by atoms with Crippen LogP contribution < -0.4 is 4.90 Å². The van der Waals surface area contributed by atoms with Crippen molar-refractivity contribution in [2.75, 3.05) is 24.5 Å². The highest BCUT2D eigenvalue weighted by Gasteiger charge is 2.50. The van der Waals surface area contributed by atoms with E-state index in [2.05, 4.69) is 43.0 Å². The molecule has 166 valence electrons. The van der Waals surface area contributed by atoms with Gasteiger partial charge in [-0.05, 0) is 69.0 Å². The lowest BCUT2D eigenvalue weighted by molar-refractivity contribution is -0.115. The largest absolute Gasteiger partial charge is 0.389 e. The Morgan fingerprint density at radius 1 is 1.13 bits per heavy atom. The number of fused-ring (bicyclic) bond motifs is 1. The van der Waals surface area contributed by atoms with Crippen LogP contribution in [0.15, 0.2) is 48.5 Å². The number of amides is 1. The number of aliphatic hydroxyl groups is 1. The summed E-state index contributed by atoms with van der Waals surface area (Å²) in [5.74, 6) is -0.575. The average molecular weight is 425 g/mol. The molecule has 3 atom stereocenters. The second-order valence-corrected chi connectivity index (χ2v) is 8.92. The number of likely N-dealkylation sites (tertiary alicyclic amines) is 1. The Labute approximate surface area is 184 Å². The third kappa shape index (κ3) is 4.20. The van der Waals surface area contributed by atoms with Crippen LogP contribution in [0.4, 0.5) is 10.1 Å². The maximum atomic E-state index is 13.8. The summed E-state index contributed by atoms with van der Waals surface area (Å²) in [4.78, 5) is 17.6. The number of rotatable bonds is 5. The minimum Gasteiger partial charge on any atom is -0.389 e. The summed E-state index contributed by atoms with van der Waals surface area (Å²) in [6, 6.07) is 14.1. The zero-order valence-electron chi connectivity index (χ0n) is 18.6. The molecule has 0 aromatic heterocycles. The molecule has 0 spiro atoms. The first-order valence-electron chi connectivity index (χ1n) is 11.6. The van der Waals surface area contributed by atoms with E-state index in [1.54, 1.807) is 12.1 Å². The molecule has 1 saturated carbocycles. The van der Waals surface area contributed by atoms with E-state index in [9.17, 15) is 14.3 Å². The van der Waals surface area contributed by atoms with Gasteiger partial charge in [0.25, 0.3) is 5.91 Å². The standard InChI is InChI=1S/C26H33FN2O2/c1-3-28(4-2)22-13-11-19(12-14-22)24-23-10-5-6-15-26(23,31)16-17-29(24)25(30)20-8-7-9-21(27)18-20/h7-9,11-14,18,23-24,31H,3-6,10,15-17H2,1-2H3/t23-,24-,26-/m1/s1. The van der Waals surface area contributed by atoms with E-state index in [4.69, 9.17) is 0 Å². The van der Waals surface area contributed by atoms with Gasteiger partial charge in [0, 0.05) is 36.8 Å². The minimum absolute atomic E-state index is 0.00758. The zero-order chi connectivity index (χ0) is 22.0. The monoisotopic (exact) mass is 424 g/mol. The van der Waals surface area contributed by atoms with E-state index in [0.717, 1.165) is 50.0 Å². The molecule has 2 aromatic carbocycles. The highest BCUT2D eigenvalue weighted by atomic mass is 19.1. The summed E-state index contributed by atoms with van der Waals surface area (Å²) in [5, 5.41) is 11.4. The molecule has 1 aliphatic heterocycles. The van der Waals surface area contributed by atoms with Gasteiger partial charge in [-0.3, -0.25) is 4.79 Å². The first kappa shape index (κ1) is 21.8. The van der Waals surface area contributed by atoms with Crippen LogP contribution in [0.3, 0.4) is 0 Å². The van der Waals surface area contributed by atoms with E-state index >= 15 is 0 Å². The topological polar surface area (TPSA) is 43.8 Å².